The lowest BCUT2D eigenvalue weighted by atomic mass is 9.95. The Balaban J connectivity index is 1.97. The van der Waals surface area contributed by atoms with Crippen LogP contribution in [0.25, 0.3) is 21.7 Å². The highest BCUT2D eigenvalue weighted by molar-refractivity contribution is 7.13. The number of nitrogens with zero attached hydrogens (tertiary/aromatic N) is 2. The van der Waals surface area contributed by atoms with E-state index in [0.717, 1.165) is 35.3 Å². The van der Waals surface area contributed by atoms with Crippen LogP contribution in [0.2, 0.25) is 0 Å². The molecule has 0 spiro atoms. The molecule has 0 saturated heterocycles. The van der Waals surface area contributed by atoms with Crippen LogP contribution < -0.4 is 4.74 Å². The lowest BCUT2D eigenvalue weighted by Gasteiger charge is -2.21. The zero-order valence-electron chi connectivity index (χ0n) is 12.5. The Labute approximate surface area is 136 Å². The monoisotopic (exact) mass is 326 g/mol. The van der Waals surface area contributed by atoms with Crippen LogP contribution in [0.1, 0.15) is 5.56 Å². The molecule has 0 N–H and O–H groups in total. The molecule has 0 bridgehead atoms. The number of aromatic nitrogens is 1. The summed E-state index contributed by atoms with van der Waals surface area (Å²) >= 11 is 1.67. The van der Waals surface area contributed by atoms with Crippen LogP contribution >= 0.6 is 11.3 Å². The first-order valence-corrected chi connectivity index (χ1v) is 8.15. The van der Waals surface area contributed by atoms with E-state index in [4.69, 9.17) is 4.74 Å². The smallest absolute Gasteiger partial charge is 0.311 e. The molecule has 23 heavy (non-hydrogen) atoms. The first kappa shape index (κ1) is 14.0. The fraction of sp³-hybridized carbons (Fsp3) is 0.176. The van der Waals surface area contributed by atoms with Gasteiger partial charge in [-0.2, -0.15) is 0 Å². The molecule has 2 aromatic heterocycles. The third-order valence-corrected chi connectivity index (χ3v) is 5.13. The average Bonchev–Trinajstić information content (AvgIpc) is 3.22. The Morgan fingerprint density at radius 2 is 2.17 bits per heavy atom. The Hall–Kier alpha value is -2.60. The number of hydrogen-bond acceptors (Lipinski definition) is 4. The molecule has 0 aliphatic carbocycles. The van der Waals surface area contributed by atoms with Crippen molar-refractivity contribution in [2.75, 3.05) is 7.11 Å². The van der Waals surface area contributed by atoms with Crippen molar-refractivity contribution in [3.05, 3.63) is 57.6 Å². The summed E-state index contributed by atoms with van der Waals surface area (Å²) in [5.74, 6) is 0.325. The lowest BCUT2D eigenvalue weighted by Crippen LogP contribution is -2.11. The molecule has 0 amide bonds. The van der Waals surface area contributed by atoms with Gasteiger partial charge in [-0.1, -0.05) is 6.07 Å². The summed E-state index contributed by atoms with van der Waals surface area (Å²) in [5, 5.41) is 13.4. The van der Waals surface area contributed by atoms with Gasteiger partial charge in [0.15, 0.2) is 5.75 Å². The summed E-state index contributed by atoms with van der Waals surface area (Å²) < 4.78 is 7.37. The van der Waals surface area contributed by atoms with Crippen molar-refractivity contribution in [2.24, 2.45) is 0 Å². The van der Waals surface area contributed by atoms with Gasteiger partial charge in [0, 0.05) is 34.8 Å². The number of methoxy groups -OCH3 is 1. The summed E-state index contributed by atoms with van der Waals surface area (Å²) in [4.78, 5) is 12.1. The van der Waals surface area contributed by atoms with Crippen molar-refractivity contribution in [1.29, 1.82) is 0 Å². The lowest BCUT2D eigenvalue weighted by molar-refractivity contribution is -0.385. The maximum absolute atomic E-state index is 11.4. The number of hydrogen-bond donors (Lipinski definition) is 0. The van der Waals surface area contributed by atoms with Gasteiger partial charge in [0.05, 0.1) is 17.7 Å². The Bertz CT molecular complexity index is 897. The SMILES string of the molecule is COc1cc2c(cc1[N+](=O)[O-])-c1c(-c3cccs3)ccn1CC2. The van der Waals surface area contributed by atoms with E-state index >= 15 is 0 Å². The fourth-order valence-corrected chi connectivity index (χ4v) is 3.93. The number of benzene rings is 1. The van der Waals surface area contributed by atoms with Crippen molar-refractivity contribution in [3.63, 3.8) is 0 Å². The molecule has 1 aromatic carbocycles. The first-order chi connectivity index (χ1) is 11.2. The predicted molar refractivity (Wildman–Crippen MR) is 90.1 cm³/mol. The third-order valence-electron chi connectivity index (χ3n) is 4.23. The molecule has 3 aromatic rings. The highest BCUT2D eigenvalue weighted by Gasteiger charge is 2.26. The van der Waals surface area contributed by atoms with Gasteiger partial charge in [-0.3, -0.25) is 10.1 Å². The summed E-state index contributed by atoms with van der Waals surface area (Å²) in [6.45, 7) is 0.870. The zero-order chi connectivity index (χ0) is 16.0. The highest BCUT2D eigenvalue weighted by Crippen LogP contribution is 2.43. The van der Waals surface area contributed by atoms with Crippen molar-refractivity contribution < 1.29 is 9.66 Å². The second-order valence-electron chi connectivity index (χ2n) is 5.44. The molecule has 3 heterocycles. The van der Waals surface area contributed by atoms with Crippen molar-refractivity contribution in [2.45, 2.75) is 13.0 Å². The minimum atomic E-state index is -0.383. The quantitative estimate of drug-likeness (QED) is 0.531. The largest absolute Gasteiger partial charge is 0.490 e. The van der Waals surface area contributed by atoms with Crippen LogP contribution in [0.4, 0.5) is 5.69 Å². The number of rotatable bonds is 3. The number of nitro groups is 1. The molecule has 0 atom stereocenters. The minimum absolute atomic E-state index is 0.0121. The summed E-state index contributed by atoms with van der Waals surface area (Å²) in [6.07, 6.45) is 2.90. The van der Waals surface area contributed by atoms with E-state index in [1.54, 1.807) is 17.4 Å². The Morgan fingerprint density at radius 3 is 2.87 bits per heavy atom. The van der Waals surface area contributed by atoms with Crippen molar-refractivity contribution >= 4 is 17.0 Å². The molecule has 0 fully saturated rings. The van der Waals surface area contributed by atoms with E-state index in [0.29, 0.717) is 5.75 Å². The van der Waals surface area contributed by atoms with E-state index in [1.165, 1.54) is 12.0 Å². The number of ether oxygens (including phenoxy) is 1. The minimum Gasteiger partial charge on any atom is -0.490 e. The molecule has 0 saturated carbocycles. The summed E-state index contributed by atoms with van der Waals surface area (Å²) in [5.41, 5.74) is 4.21. The maximum atomic E-state index is 11.4. The van der Waals surface area contributed by atoms with Crippen LogP contribution in [-0.2, 0) is 13.0 Å². The second kappa shape index (κ2) is 5.24. The molecule has 5 nitrogen and oxygen atoms in total. The fourth-order valence-electron chi connectivity index (χ4n) is 3.17. The Kier molecular flexibility index (Phi) is 3.20. The van der Waals surface area contributed by atoms with E-state index in [9.17, 15) is 10.1 Å². The maximum Gasteiger partial charge on any atom is 0.311 e. The van der Waals surface area contributed by atoms with Gasteiger partial charge in [-0.05, 0) is 35.6 Å². The molecule has 0 radical (unpaired) electrons. The molecule has 116 valence electrons. The van der Waals surface area contributed by atoms with Crippen LogP contribution in [0.3, 0.4) is 0 Å². The van der Waals surface area contributed by atoms with Crippen LogP contribution in [-0.4, -0.2) is 16.6 Å². The Morgan fingerprint density at radius 1 is 1.30 bits per heavy atom. The van der Waals surface area contributed by atoms with E-state index in [-0.39, 0.29) is 10.6 Å². The normalized spacial score (nSPS) is 12.6. The first-order valence-electron chi connectivity index (χ1n) is 7.27. The molecule has 4 rings (SSSR count). The number of aryl methyl sites for hydroxylation is 2. The molecule has 6 heteroatoms. The predicted octanol–water partition coefficient (Wildman–Crippen LogP) is 4.36. The average molecular weight is 326 g/mol. The van der Waals surface area contributed by atoms with Crippen molar-refractivity contribution in [1.82, 2.24) is 4.57 Å². The standard InChI is InChI=1S/C17H14N2O3S/c1-22-15-9-11-4-6-18-7-5-12(16-3-2-8-23-16)17(18)13(11)10-14(15)19(20)21/h2-3,5,7-10H,4,6H2,1H3. The van der Waals surface area contributed by atoms with Crippen LogP contribution in [0.5, 0.6) is 5.75 Å². The van der Waals surface area contributed by atoms with Gasteiger partial charge in [0.2, 0.25) is 0 Å². The van der Waals surface area contributed by atoms with Gasteiger partial charge in [0.25, 0.3) is 0 Å². The summed E-state index contributed by atoms with van der Waals surface area (Å²) in [7, 11) is 1.47. The topological polar surface area (TPSA) is 57.3 Å². The van der Waals surface area contributed by atoms with Gasteiger partial charge < -0.3 is 9.30 Å². The number of nitro benzene ring substituents is 1. The van der Waals surface area contributed by atoms with E-state index in [2.05, 4.69) is 22.9 Å². The number of fused-ring (bicyclic) bond motifs is 3. The highest BCUT2D eigenvalue weighted by atomic mass is 32.1. The second-order valence-corrected chi connectivity index (χ2v) is 6.38. The van der Waals surface area contributed by atoms with Gasteiger partial charge in [0.1, 0.15) is 0 Å². The summed E-state index contributed by atoms with van der Waals surface area (Å²) in [6, 6.07) is 9.64. The molecule has 1 aliphatic rings. The third kappa shape index (κ3) is 2.14. The van der Waals surface area contributed by atoms with Crippen LogP contribution in [0.15, 0.2) is 41.9 Å². The molecular formula is C17H14N2O3S. The van der Waals surface area contributed by atoms with Crippen LogP contribution in [0, 0.1) is 10.1 Å². The van der Waals surface area contributed by atoms with Gasteiger partial charge in [-0.25, -0.2) is 0 Å². The zero-order valence-corrected chi connectivity index (χ0v) is 13.3. The number of thiophene rings is 1. The van der Waals surface area contributed by atoms with E-state index in [1.807, 2.05) is 17.5 Å². The van der Waals surface area contributed by atoms with Gasteiger partial charge in [-0.15, -0.1) is 11.3 Å². The molecule has 0 unspecified atom stereocenters. The van der Waals surface area contributed by atoms with Crippen molar-refractivity contribution in [3.8, 4) is 27.4 Å². The van der Waals surface area contributed by atoms with Gasteiger partial charge >= 0.3 is 5.69 Å². The molecule has 1 aliphatic heterocycles. The molecular weight excluding hydrogens is 312 g/mol. The van der Waals surface area contributed by atoms with E-state index < -0.39 is 0 Å².